The van der Waals surface area contributed by atoms with E-state index in [0.29, 0.717) is 23.9 Å². The van der Waals surface area contributed by atoms with Crippen molar-refractivity contribution in [2.75, 3.05) is 26.0 Å². The number of nitrogens with zero attached hydrogens (tertiary/aromatic N) is 1. The van der Waals surface area contributed by atoms with Gasteiger partial charge in [-0.15, -0.1) is 11.8 Å². The zero-order chi connectivity index (χ0) is 16.8. The van der Waals surface area contributed by atoms with E-state index >= 15 is 0 Å². The van der Waals surface area contributed by atoms with Gasteiger partial charge in [0, 0.05) is 26.3 Å². The minimum Gasteiger partial charge on any atom is -0.382 e. The van der Waals surface area contributed by atoms with Crippen molar-refractivity contribution in [3.8, 4) is 0 Å². The maximum absolute atomic E-state index is 12.5. The first-order valence-corrected chi connectivity index (χ1v) is 8.31. The van der Waals surface area contributed by atoms with Crippen LogP contribution >= 0.6 is 11.8 Å². The van der Waals surface area contributed by atoms with E-state index in [2.05, 4.69) is 10.5 Å². The molecular formula is C15H18N2O5S. The van der Waals surface area contributed by atoms with Gasteiger partial charge in [0.05, 0.1) is 4.91 Å². The van der Waals surface area contributed by atoms with Crippen LogP contribution in [-0.4, -0.2) is 48.6 Å². The van der Waals surface area contributed by atoms with Gasteiger partial charge in [-0.05, 0) is 25.5 Å². The van der Waals surface area contributed by atoms with Gasteiger partial charge in [0.15, 0.2) is 5.69 Å². The molecule has 2 rings (SSSR count). The van der Waals surface area contributed by atoms with Gasteiger partial charge < -0.3 is 14.6 Å². The normalized spacial score (nSPS) is 13.7. The topological polar surface area (TPSA) is 98.5 Å². The van der Waals surface area contributed by atoms with Gasteiger partial charge in [0.2, 0.25) is 17.3 Å². The summed E-state index contributed by atoms with van der Waals surface area (Å²) in [6.45, 7) is 3.30. The van der Waals surface area contributed by atoms with Crippen molar-refractivity contribution < 1.29 is 23.6 Å². The van der Waals surface area contributed by atoms with Gasteiger partial charge in [-0.25, -0.2) is 0 Å². The first kappa shape index (κ1) is 17.4. The van der Waals surface area contributed by atoms with E-state index in [0.717, 1.165) is 12.8 Å². The molecule has 1 aromatic heterocycles. The monoisotopic (exact) mass is 338 g/mol. The Morgan fingerprint density at radius 3 is 2.87 bits per heavy atom. The fourth-order valence-corrected chi connectivity index (χ4v) is 3.05. The van der Waals surface area contributed by atoms with E-state index in [1.54, 1.807) is 0 Å². The maximum atomic E-state index is 12.5. The zero-order valence-corrected chi connectivity index (χ0v) is 13.8. The van der Waals surface area contributed by atoms with Crippen molar-refractivity contribution in [3.63, 3.8) is 0 Å². The number of carbonyl (C=O) groups excluding carboxylic acids is 3. The van der Waals surface area contributed by atoms with E-state index in [-0.39, 0.29) is 17.0 Å². The van der Waals surface area contributed by atoms with Gasteiger partial charge in [-0.3, -0.25) is 14.4 Å². The highest BCUT2D eigenvalue weighted by atomic mass is 32.2. The van der Waals surface area contributed by atoms with Crippen LogP contribution in [0.15, 0.2) is 15.5 Å². The average molecular weight is 338 g/mol. The molecule has 124 valence electrons. The number of hydrogen-bond acceptors (Lipinski definition) is 7. The lowest BCUT2D eigenvalue weighted by atomic mass is 10.00. The number of hydrogen-bond donors (Lipinski definition) is 1. The van der Waals surface area contributed by atoms with Crippen LogP contribution in [0.3, 0.4) is 0 Å². The molecule has 0 saturated heterocycles. The summed E-state index contributed by atoms with van der Waals surface area (Å²) in [5.74, 6) is -0.879. The highest BCUT2D eigenvalue weighted by Crippen LogP contribution is 2.30. The number of ether oxygens (including phenoxy) is 1. The molecule has 1 aliphatic rings. The summed E-state index contributed by atoms with van der Waals surface area (Å²) in [4.78, 5) is 36.5. The minimum atomic E-state index is -0.556. The number of thioether (sulfide) groups is 1. The van der Waals surface area contributed by atoms with Crippen molar-refractivity contribution >= 4 is 29.2 Å². The molecular weight excluding hydrogens is 320 g/mol. The lowest BCUT2D eigenvalue weighted by Gasteiger charge is -2.10. The summed E-state index contributed by atoms with van der Waals surface area (Å²) in [5.41, 5.74) is -0.197. The predicted molar refractivity (Wildman–Crippen MR) is 84.8 cm³/mol. The third kappa shape index (κ3) is 3.89. The van der Waals surface area contributed by atoms with Gasteiger partial charge in [0.1, 0.15) is 5.56 Å². The first-order valence-electron chi connectivity index (χ1n) is 7.33. The van der Waals surface area contributed by atoms with Gasteiger partial charge >= 0.3 is 0 Å². The van der Waals surface area contributed by atoms with Gasteiger partial charge in [0.25, 0.3) is 5.91 Å². The maximum Gasteiger partial charge on any atom is 0.274 e. The Morgan fingerprint density at radius 1 is 1.39 bits per heavy atom. The molecule has 0 radical (unpaired) electrons. The molecule has 23 heavy (non-hydrogen) atoms. The molecule has 0 saturated carbocycles. The molecule has 8 heteroatoms. The number of fused-ring (bicyclic) bond motifs is 1. The van der Waals surface area contributed by atoms with Crippen molar-refractivity contribution in [1.82, 2.24) is 10.5 Å². The van der Waals surface area contributed by atoms with Gasteiger partial charge in [-0.1, -0.05) is 5.16 Å². The third-order valence-corrected chi connectivity index (χ3v) is 4.32. The van der Waals surface area contributed by atoms with Crippen molar-refractivity contribution in [2.45, 2.75) is 19.8 Å². The third-order valence-electron chi connectivity index (χ3n) is 3.22. The van der Waals surface area contributed by atoms with Crippen molar-refractivity contribution in [2.24, 2.45) is 0 Å². The molecule has 0 atom stereocenters. The molecule has 1 amide bonds. The number of ketones is 2. The molecule has 0 aliphatic heterocycles. The summed E-state index contributed by atoms with van der Waals surface area (Å²) >= 11 is 1.30. The fraction of sp³-hybridized carbons (Fsp3) is 0.467. The van der Waals surface area contributed by atoms with Crippen LogP contribution in [0.1, 0.15) is 51.2 Å². The number of rotatable bonds is 8. The largest absolute Gasteiger partial charge is 0.382 e. The smallest absolute Gasteiger partial charge is 0.274 e. The molecule has 1 aromatic rings. The summed E-state index contributed by atoms with van der Waals surface area (Å²) < 4.78 is 10.1. The highest BCUT2D eigenvalue weighted by molar-refractivity contribution is 8.04. The second-order valence-corrected chi connectivity index (χ2v) is 5.91. The molecule has 0 unspecified atom stereocenters. The van der Waals surface area contributed by atoms with E-state index in [4.69, 9.17) is 9.26 Å². The summed E-state index contributed by atoms with van der Waals surface area (Å²) in [7, 11) is 1.42. The number of aromatic nitrogens is 1. The molecule has 0 fully saturated rings. The lowest BCUT2D eigenvalue weighted by molar-refractivity contribution is 0.0944. The molecule has 1 aliphatic carbocycles. The van der Waals surface area contributed by atoms with Crippen molar-refractivity contribution in [1.29, 1.82) is 0 Å². The minimum absolute atomic E-state index is 0.0475. The van der Waals surface area contributed by atoms with Crippen LogP contribution < -0.4 is 5.32 Å². The van der Waals surface area contributed by atoms with E-state index in [9.17, 15) is 14.4 Å². The molecule has 7 nitrogen and oxygen atoms in total. The predicted octanol–water partition coefficient (Wildman–Crippen LogP) is 1.85. The van der Waals surface area contributed by atoms with Crippen LogP contribution in [0.5, 0.6) is 0 Å². The van der Waals surface area contributed by atoms with Crippen LogP contribution in [-0.2, 0) is 4.74 Å². The van der Waals surface area contributed by atoms with E-state index < -0.39 is 17.5 Å². The van der Waals surface area contributed by atoms with Crippen LogP contribution in [0.4, 0.5) is 0 Å². The molecule has 0 spiro atoms. The Balaban J connectivity index is 2.04. The van der Waals surface area contributed by atoms with Gasteiger partial charge in [-0.2, -0.15) is 0 Å². The molecule has 0 bridgehead atoms. The van der Waals surface area contributed by atoms with Crippen LogP contribution in [0.2, 0.25) is 0 Å². The summed E-state index contributed by atoms with van der Waals surface area (Å²) in [6, 6.07) is 0. The number of carbonyl (C=O) groups is 3. The quantitative estimate of drug-likeness (QED) is 0.722. The van der Waals surface area contributed by atoms with Crippen LogP contribution in [0.25, 0.3) is 0 Å². The Bertz CT molecular complexity index is 650. The number of unbranched alkanes of at least 4 members (excludes halogenated alkanes) is 1. The zero-order valence-electron chi connectivity index (χ0n) is 13.0. The first-order chi connectivity index (χ1) is 11.1. The Labute approximate surface area is 137 Å². The highest BCUT2D eigenvalue weighted by Gasteiger charge is 2.35. The summed E-state index contributed by atoms with van der Waals surface area (Å²) in [6.07, 6.45) is 3.00. The second kappa shape index (κ2) is 8.07. The number of amides is 1. The van der Waals surface area contributed by atoms with Crippen molar-refractivity contribution in [3.05, 3.63) is 28.0 Å². The molecule has 1 N–H and O–H groups in total. The molecule has 1 heterocycles. The number of nitrogens with one attached hydrogen (secondary N) is 1. The number of allylic oxidation sites excluding steroid dienone is 2. The van der Waals surface area contributed by atoms with E-state index in [1.165, 1.54) is 24.9 Å². The summed E-state index contributed by atoms with van der Waals surface area (Å²) in [5, 5.41) is 5.92. The Morgan fingerprint density at radius 2 is 2.17 bits per heavy atom. The lowest BCUT2D eigenvalue weighted by Crippen LogP contribution is -2.23. The van der Waals surface area contributed by atoms with Crippen LogP contribution in [0, 0.1) is 0 Å². The molecule has 0 aromatic carbocycles. The fourth-order valence-electron chi connectivity index (χ4n) is 2.06. The second-order valence-electron chi connectivity index (χ2n) is 4.77. The average Bonchev–Trinajstić information content (AvgIpc) is 3.00. The Hall–Kier alpha value is -1.93. The van der Waals surface area contributed by atoms with E-state index in [1.807, 2.05) is 6.92 Å². The SMILES string of the molecule is CCOCCCCSC1=CC(=O)c2onc(C(=O)NC)c2C1=O. The standard InChI is InChI=1S/C15H18N2O5S/c1-3-21-6-4-5-7-23-10-8-9(18)14-11(13(10)19)12(17-22-14)15(20)16-2/h8H,3-7H2,1-2H3,(H,16,20). The number of Topliss-reactive ketones (excluding diaryl/α,β-unsaturated/α-hetero) is 1. The Kier molecular flexibility index (Phi) is 6.12.